The monoisotopic (exact) mass is 348 g/mol. The van der Waals surface area contributed by atoms with Gasteiger partial charge in [-0.3, -0.25) is 0 Å². The number of nitrogens with zero attached hydrogens (tertiary/aromatic N) is 1. The summed E-state index contributed by atoms with van der Waals surface area (Å²) in [5.74, 6) is 0.984. The first-order valence-corrected chi connectivity index (χ1v) is 8.28. The lowest BCUT2D eigenvalue weighted by atomic mass is 10.1. The van der Waals surface area contributed by atoms with Crippen molar-refractivity contribution in [3.8, 4) is 0 Å². The highest BCUT2D eigenvalue weighted by molar-refractivity contribution is 9.10. The van der Waals surface area contributed by atoms with Gasteiger partial charge < -0.3 is 4.98 Å². The van der Waals surface area contributed by atoms with E-state index in [1.54, 1.807) is 0 Å². The van der Waals surface area contributed by atoms with Crippen LogP contribution in [0.15, 0.2) is 28.7 Å². The van der Waals surface area contributed by atoms with E-state index in [1.807, 2.05) is 0 Å². The van der Waals surface area contributed by atoms with Crippen LogP contribution in [0.4, 0.5) is 0 Å². The first kappa shape index (κ1) is 14.0. The molecule has 0 radical (unpaired) electrons. The number of aromatic amines is 1. The zero-order chi connectivity index (χ0) is 13.9. The van der Waals surface area contributed by atoms with Gasteiger partial charge in [-0.15, -0.1) is 0 Å². The second kappa shape index (κ2) is 6.19. The predicted octanol–water partition coefficient (Wildman–Crippen LogP) is 4.76. The maximum Gasteiger partial charge on any atom is 0.133 e. The number of nitrogens with one attached hydrogen (secondary N) is 1. The van der Waals surface area contributed by atoms with Gasteiger partial charge in [0.2, 0.25) is 0 Å². The van der Waals surface area contributed by atoms with Crippen LogP contribution in [-0.2, 0) is 19.3 Å². The molecule has 0 fully saturated rings. The molecule has 0 aliphatic heterocycles. The van der Waals surface area contributed by atoms with E-state index < -0.39 is 0 Å². The molecular weight excluding hydrogens is 332 g/mol. The number of hydrogen-bond donors (Lipinski definition) is 1. The Hall–Kier alpha value is -1.00. The van der Waals surface area contributed by atoms with Crippen LogP contribution in [-0.4, -0.2) is 9.97 Å². The average molecular weight is 349 g/mol. The highest BCUT2D eigenvalue weighted by atomic mass is 79.9. The molecule has 104 valence electrons. The summed E-state index contributed by atoms with van der Waals surface area (Å²) in [7, 11) is 0. The summed E-state index contributed by atoms with van der Waals surface area (Å²) in [5, 5.41) is 0. The van der Waals surface area contributed by atoms with Gasteiger partial charge in [0.15, 0.2) is 0 Å². The molecule has 2 aromatic rings. The van der Waals surface area contributed by atoms with Gasteiger partial charge in [0.25, 0.3) is 0 Å². The van der Waals surface area contributed by atoms with Crippen LogP contribution in [0.5, 0.6) is 0 Å². The summed E-state index contributed by atoms with van der Waals surface area (Å²) in [5.41, 5.74) is 3.84. The van der Waals surface area contributed by atoms with Gasteiger partial charge in [-0.2, -0.15) is 0 Å². The lowest BCUT2D eigenvalue weighted by Crippen LogP contribution is -2.05. The Morgan fingerprint density at radius 2 is 1.85 bits per heavy atom. The highest BCUT2D eigenvalue weighted by Crippen LogP contribution is 2.20. The topological polar surface area (TPSA) is 28.7 Å². The van der Waals surface area contributed by atoms with Crippen LogP contribution < -0.4 is 0 Å². The van der Waals surface area contributed by atoms with E-state index >= 15 is 0 Å². The third kappa shape index (κ3) is 3.18. The van der Waals surface area contributed by atoms with Gasteiger partial charge in [0.1, 0.15) is 10.5 Å². The van der Waals surface area contributed by atoms with Crippen molar-refractivity contribution < 1.29 is 0 Å². The number of aromatic nitrogens is 2. The summed E-state index contributed by atoms with van der Waals surface area (Å²) in [6.45, 7) is 0. The minimum Gasteiger partial charge on any atom is -0.347 e. The fraction of sp³-hybridized carbons (Fsp3) is 0.375. The second-order valence-electron chi connectivity index (χ2n) is 5.31. The summed E-state index contributed by atoms with van der Waals surface area (Å²) in [6, 6.07) is 8.36. The van der Waals surface area contributed by atoms with Crippen molar-refractivity contribution in [1.29, 1.82) is 0 Å². The van der Waals surface area contributed by atoms with E-state index in [0.717, 1.165) is 34.2 Å². The normalized spacial score (nSPS) is 14.7. The molecule has 4 heteroatoms. The van der Waals surface area contributed by atoms with Crippen molar-refractivity contribution in [2.45, 2.75) is 38.5 Å². The van der Waals surface area contributed by atoms with Gasteiger partial charge in [0.05, 0.1) is 0 Å². The third-order valence-electron chi connectivity index (χ3n) is 3.79. The quantitative estimate of drug-likeness (QED) is 0.625. The number of fused-ring (bicyclic) bond motifs is 1. The first-order valence-electron chi connectivity index (χ1n) is 7.08. The Morgan fingerprint density at radius 3 is 2.65 bits per heavy atom. The zero-order valence-electron chi connectivity index (χ0n) is 11.3. The Morgan fingerprint density at radius 1 is 1.10 bits per heavy atom. The molecule has 3 rings (SSSR count). The van der Waals surface area contributed by atoms with E-state index in [9.17, 15) is 0 Å². The highest BCUT2D eigenvalue weighted by Gasteiger charge is 2.12. The van der Waals surface area contributed by atoms with Gasteiger partial charge >= 0.3 is 0 Å². The van der Waals surface area contributed by atoms with E-state index in [4.69, 9.17) is 12.2 Å². The molecule has 2 nitrogen and oxygen atoms in total. The average Bonchev–Trinajstić information content (AvgIpc) is 2.67. The SMILES string of the molecule is S=c1nc(Cc2ccc(Br)cc2)[nH]c2c1CCCCC2. The Kier molecular flexibility index (Phi) is 4.32. The Balaban J connectivity index is 1.91. The van der Waals surface area contributed by atoms with E-state index in [2.05, 4.69) is 50.2 Å². The van der Waals surface area contributed by atoms with Gasteiger partial charge in [-0.25, -0.2) is 4.98 Å². The molecule has 1 aliphatic carbocycles. The van der Waals surface area contributed by atoms with Crippen LogP contribution in [0.1, 0.15) is 41.9 Å². The van der Waals surface area contributed by atoms with Crippen LogP contribution in [0, 0.1) is 4.64 Å². The number of H-pyrrole nitrogens is 1. The molecule has 1 aromatic carbocycles. The smallest absolute Gasteiger partial charge is 0.133 e. The van der Waals surface area contributed by atoms with Gasteiger partial charge in [-0.1, -0.05) is 46.7 Å². The summed E-state index contributed by atoms with van der Waals surface area (Å²) < 4.78 is 1.90. The Bertz CT molecular complexity index is 661. The maximum atomic E-state index is 5.48. The number of aryl methyl sites for hydroxylation is 1. The van der Waals surface area contributed by atoms with Crippen LogP contribution in [0.3, 0.4) is 0 Å². The second-order valence-corrected chi connectivity index (χ2v) is 6.61. The number of hydrogen-bond acceptors (Lipinski definition) is 2. The molecule has 1 aliphatic rings. The van der Waals surface area contributed by atoms with Crippen LogP contribution in [0.2, 0.25) is 0 Å². The van der Waals surface area contributed by atoms with Crippen molar-refractivity contribution in [3.63, 3.8) is 0 Å². The number of halogens is 1. The molecule has 1 aromatic heterocycles. The standard InChI is InChI=1S/C16H17BrN2S/c17-12-8-6-11(7-9-12)10-15-18-14-5-3-1-2-4-13(14)16(20)19-15/h6-9H,1-5,10H2,(H,18,19,20). The van der Waals surface area contributed by atoms with Crippen molar-refractivity contribution in [3.05, 3.63) is 56.0 Å². The minimum atomic E-state index is 0.799. The molecule has 0 spiro atoms. The molecular formula is C16H17BrN2S. The largest absolute Gasteiger partial charge is 0.347 e. The molecule has 0 saturated carbocycles. The fourth-order valence-corrected chi connectivity index (χ4v) is 3.33. The molecule has 0 amide bonds. The molecule has 1 N–H and O–H groups in total. The molecule has 0 unspecified atom stereocenters. The van der Waals surface area contributed by atoms with E-state index in [1.165, 1.54) is 36.1 Å². The van der Waals surface area contributed by atoms with Gasteiger partial charge in [0, 0.05) is 22.2 Å². The van der Waals surface area contributed by atoms with Crippen molar-refractivity contribution in [1.82, 2.24) is 9.97 Å². The summed E-state index contributed by atoms with van der Waals surface area (Å²) >= 11 is 8.95. The summed E-state index contributed by atoms with van der Waals surface area (Å²) in [4.78, 5) is 8.11. The lowest BCUT2D eigenvalue weighted by Gasteiger charge is -2.09. The molecule has 1 heterocycles. The van der Waals surface area contributed by atoms with Crippen molar-refractivity contribution >= 4 is 28.1 Å². The van der Waals surface area contributed by atoms with Gasteiger partial charge in [-0.05, 0) is 43.4 Å². The Labute approximate surface area is 132 Å². The van der Waals surface area contributed by atoms with E-state index in [-0.39, 0.29) is 0 Å². The zero-order valence-corrected chi connectivity index (χ0v) is 13.7. The number of benzene rings is 1. The number of rotatable bonds is 2. The molecule has 20 heavy (non-hydrogen) atoms. The van der Waals surface area contributed by atoms with Crippen molar-refractivity contribution in [2.24, 2.45) is 0 Å². The van der Waals surface area contributed by atoms with E-state index in [0.29, 0.717) is 0 Å². The minimum absolute atomic E-state index is 0.799. The van der Waals surface area contributed by atoms with Crippen LogP contribution >= 0.6 is 28.1 Å². The lowest BCUT2D eigenvalue weighted by molar-refractivity contribution is 0.708. The molecule has 0 atom stereocenters. The van der Waals surface area contributed by atoms with Crippen molar-refractivity contribution in [2.75, 3.05) is 0 Å². The summed E-state index contributed by atoms with van der Waals surface area (Å²) in [6.07, 6.45) is 6.77. The predicted molar refractivity (Wildman–Crippen MR) is 87.6 cm³/mol. The molecule has 0 bridgehead atoms. The maximum absolute atomic E-state index is 5.48. The molecule has 0 saturated heterocycles. The third-order valence-corrected chi connectivity index (χ3v) is 4.66. The fourth-order valence-electron chi connectivity index (χ4n) is 2.73. The first-order chi connectivity index (χ1) is 9.72. The van der Waals surface area contributed by atoms with Crippen LogP contribution in [0.25, 0.3) is 0 Å².